The van der Waals surface area contributed by atoms with E-state index in [2.05, 4.69) is 0 Å². The lowest BCUT2D eigenvalue weighted by Crippen LogP contribution is -2.41. The third-order valence-electron chi connectivity index (χ3n) is 5.68. The van der Waals surface area contributed by atoms with Crippen LogP contribution in [0.15, 0.2) is 53.1 Å². The maximum atomic E-state index is 13.2. The van der Waals surface area contributed by atoms with Crippen molar-refractivity contribution >= 4 is 23.0 Å². The van der Waals surface area contributed by atoms with Gasteiger partial charge < -0.3 is 10.0 Å². The molecule has 1 aliphatic carbocycles. The van der Waals surface area contributed by atoms with E-state index in [1.165, 1.54) is 17.8 Å². The molecule has 1 amide bonds. The minimum Gasteiger partial charge on any atom is -0.503 e. The Balaban J connectivity index is 1.83. The molecule has 2 aliphatic rings. The number of ketones is 1. The molecule has 1 aromatic heterocycles. The number of aryl methyl sites for hydroxylation is 1. The molecule has 0 bridgehead atoms. The molecular weight excluding hydrogens is 358 g/mol. The smallest absolute Gasteiger partial charge is 0.290 e. The average molecular weight is 381 g/mol. The first-order valence-corrected chi connectivity index (χ1v) is 10.4. The van der Waals surface area contributed by atoms with Crippen LogP contribution in [0.3, 0.4) is 0 Å². The Hall–Kier alpha value is -2.40. The van der Waals surface area contributed by atoms with Crippen LogP contribution in [0.1, 0.15) is 58.9 Å². The van der Waals surface area contributed by atoms with Crippen LogP contribution < -0.4 is 0 Å². The van der Waals surface area contributed by atoms with E-state index in [0.717, 1.165) is 36.8 Å². The molecule has 4 rings (SSSR count). The van der Waals surface area contributed by atoms with Crippen molar-refractivity contribution in [3.8, 4) is 0 Å². The molecule has 0 radical (unpaired) electrons. The van der Waals surface area contributed by atoms with Gasteiger partial charge >= 0.3 is 0 Å². The summed E-state index contributed by atoms with van der Waals surface area (Å²) >= 11 is 1.33. The van der Waals surface area contributed by atoms with E-state index in [9.17, 15) is 14.7 Å². The van der Waals surface area contributed by atoms with Crippen LogP contribution >= 0.6 is 11.3 Å². The lowest BCUT2D eigenvalue weighted by atomic mass is 9.89. The molecule has 2 heterocycles. The van der Waals surface area contributed by atoms with Gasteiger partial charge in [-0.1, -0.05) is 49.6 Å². The molecule has 1 atom stereocenters. The highest BCUT2D eigenvalue weighted by atomic mass is 32.1. The Kier molecular flexibility index (Phi) is 4.87. The standard InChI is InChI=1S/C22H23NO3S/c1-14-8-5-6-11-16(14)19-18(20(24)17-12-7-13-27-17)21(25)22(26)23(19)15-9-3-2-4-10-15/h5-8,11-13,15,19,25H,2-4,9-10H2,1H3. The first kappa shape index (κ1) is 18.0. The largest absolute Gasteiger partial charge is 0.503 e. The number of hydrogen-bond donors (Lipinski definition) is 1. The third-order valence-corrected chi connectivity index (χ3v) is 6.55. The predicted octanol–water partition coefficient (Wildman–Crippen LogP) is 4.97. The van der Waals surface area contributed by atoms with Crippen LogP contribution in [0.25, 0.3) is 0 Å². The SMILES string of the molecule is Cc1ccccc1C1C(C(=O)c2cccs2)=C(O)C(=O)N1C1CCCCC1. The molecule has 27 heavy (non-hydrogen) atoms. The van der Waals surface area contributed by atoms with Crippen molar-refractivity contribution in [1.29, 1.82) is 0 Å². The van der Waals surface area contributed by atoms with Crippen LogP contribution in [0.4, 0.5) is 0 Å². The summed E-state index contributed by atoms with van der Waals surface area (Å²) in [5.41, 5.74) is 2.16. The number of benzene rings is 1. The summed E-state index contributed by atoms with van der Waals surface area (Å²) in [5, 5.41) is 12.6. The molecule has 0 spiro atoms. The second-order valence-electron chi connectivity index (χ2n) is 7.33. The van der Waals surface area contributed by atoms with E-state index >= 15 is 0 Å². The predicted molar refractivity (Wildman–Crippen MR) is 106 cm³/mol. The van der Waals surface area contributed by atoms with E-state index in [1.54, 1.807) is 11.0 Å². The zero-order valence-electron chi connectivity index (χ0n) is 15.4. The van der Waals surface area contributed by atoms with E-state index < -0.39 is 11.9 Å². The highest BCUT2D eigenvalue weighted by Gasteiger charge is 2.47. The molecular formula is C22H23NO3S. The van der Waals surface area contributed by atoms with Gasteiger partial charge in [-0.25, -0.2) is 0 Å². The molecule has 5 heteroatoms. The summed E-state index contributed by atoms with van der Waals surface area (Å²) in [6.45, 7) is 1.99. The number of carbonyl (C=O) groups excluding carboxylic acids is 2. The Labute approximate surface area is 163 Å². The van der Waals surface area contributed by atoms with Crippen molar-refractivity contribution in [3.05, 3.63) is 69.1 Å². The number of hydrogen-bond acceptors (Lipinski definition) is 4. The van der Waals surface area contributed by atoms with Crippen LogP contribution in [0.5, 0.6) is 0 Å². The van der Waals surface area contributed by atoms with Gasteiger partial charge in [-0.2, -0.15) is 0 Å². The van der Waals surface area contributed by atoms with Crippen molar-refractivity contribution in [1.82, 2.24) is 4.90 Å². The van der Waals surface area contributed by atoms with E-state index in [0.29, 0.717) is 4.88 Å². The molecule has 1 aliphatic heterocycles. The average Bonchev–Trinajstić information content (AvgIpc) is 3.30. The first-order chi connectivity index (χ1) is 13.1. The maximum Gasteiger partial charge on any atom is 0.290 e. The normalized spacial score (nSPS) is 21.1. The lowest BCUT2D eigenvalue weighted by Gasteiger charge is -2.37. The van der Waals surface area contributed by atoms with Crippen molar-refractivity contribution in [3.63, 3.8) is 0 Å². The third kappa shape index (κ3) is 3.10. The number of aliphatic hydroxyl groups excluding tert-OH is 1. The monoisotopic (exact) mass is 381 g/mol. The van der Waals surface area contributed by atoms with Gasteiger partial charge in [0.1, 0.15) is 0 Å². The molecule has 140 valence electrons. The molecule has 1 unspecified atom stereocenters. The summed E-state index contributed by atoms with van der Waals surface area (Å²) in [6.07, 6.45) is 5.16. The van der Waals surface area contributed by atoms with Crippen molar-refractivity contribution in [2.24, 2.45) is 0 Å². The Morgan fingerprint density at radius 1 is 1.11 bits per heavy atom. The number of amides is 1. The molecule has 1 aromatic carbocycles. The number of aliphatic hydroxyl groups is 1. The fourth-order valence-electron chi connectivity index (χ4n) is 4.33. The number of carbonyl (C=O) groups is 2. The molecule has 1 fully saturated rings. The summed E-state index contributed by atoms with van der Waals surface area (Å²) in [7, 11) is 0. The van der Waals surface area contributed by atoms with Gasteiger partial charge in [0.05, 0.1) is 16.5 Å². The van der Waals surface area contributed by atoms with Crippen LogP contribution in [0, 0.1) is 6.92 Å². The minimum absolute atomic E-state index is 0.0617. The molecule has 1 N–H and O–H groups in total. The molecule has 0 saturated heterocycles. The zero-order valence-corrected chi connectivity index (χ0v) is 16.2. The summed E-state index contributed by atoms with van der Waals surface area (Å²) in [5.74, 6) is -1.04. The van der Waals surface area contributed by atoms with E-state index in [-0.39, 0.29) is 23.2 Å². The van der Waals surface area contributed by atoms with Gasteiger partial charge in [0.25, 0.3) is 5.91 Å². The molecule has 2 aromatic rings. The van der Waals surface area contributed by atoms with Gasteiger partial charge in [-0.05, 0) is 42.3 Å². The molecule has 1 saturated carbocycles. The fourth-order valence-corrected chi connectivity index (χ4v) is 5.01. The molecule has 4 nitrogen and oxygen atoms in total. The number of Topliss-reactive ketones (excluding diaryl/α,β-unsaturated/α-hetero) is 1. The summed E-state index contributed by atoms with van der Waals surface area (Å²) in [4.78, 5) is 28.6. The van der Waals surface area contributed by atoms with Crippen LogP contribution in [0.2, 0.25) is 0 Å². The number of thiophene rings is 1. The van der Waals surface area contributed by atoms with E-state index in [1.807, 2.05) is 42.6 Å². The Bertz CT molecular complexity index is 894. The Morgan fingerprint density at radius 3 is 2.52 bits per heavy atom. The van der Waals surface area contributed by atoms with Crippen LogP contribution in [-0.4, -0.2) is 27.7 Å². The van der Waals surface area contributed by atoms with Crippen molar-refractivity contribution < 1.29 is 14.7 Å². The fraction of sp³-hybridized carbons (Fsp3) is 0.364. The summed E-state index contributed by atoms with van der Waals surface area (Å²) in [6, 6.07) is 10.9. The van der Waals surface area contributed by atoms with E-state index in [4.69, 9.17) is 0 Å². The first-order valence-electron chi connectivity index (χ1n) is 9.49. The van der Waals surface area contributed by atoms with Gasteiger partial charge in [-0.15, -0.1) is 11.3 Å². The second kappa shape index (κ2) is 7.31. The number of nitrogens with zero attached hydrogens (tertiary/aromatic N) is 1. The zero-order chi connectivity index (χ0) is 19.0. The van der Waals surface area contributed by atoms with Gasteiger partial charge in [-0.3, -0.25) is 9.59 Å². The second-order valence-corrected chi connectivity index (χ2v) is 8.28. The highest BCUT2D eigenvalue weighted by molar-refractivity contribution is 7.12. The van der Waals surface area contributed by atoms with Crippen LogP contribution in [-0.2, 0) is 4.79 Å². The van der Waals surface area contributed by atoms with Crippen molar-refractivity contribution in [2.75, 3.05) is 0 Å². The minimum atomic E-state index is -0.517. The highest BCUT2D eigenvalue weighted by Crippen LogP contribution is 2.43. The quantitative estimate of drug-likeness (QED) is 0.761. The lowest BCUT2D eigenvalue weighted by molar-refractivity contribution is -0.132. The van der Waals surface area contributed by atoms with Gasteiger partial charge in [0.2, 0.25) is 5.78 Å². The van der Waals surface area contributed by atoms with Gasteiger partial charge in [0, 0.05) is 6.04 Å². The summed E-state index contributed by atoms with van der Waals surface area (Å²) < 4.78 is 0. The maximum absolute atomic E-state index is 13.2. The topological polar surface area (TPSA) is 57.6 Å². The number of rotatable bonds is 4. The van der Waals surface area contributed by atoms with Crippen molar-refractivity contribution in [2.45, 2.75) is 51.1 Å². The Morgan fingerprint density at radius 2 is 1.85 bits per heavy atom. The van der Waals surface area contributed by atoms with Gasteiger partial charge in [0.15, 0.2) is 5.76 Å².